The van der Waals surface area contributed by atoms with Crippen LogP contribution in [0.1, 0.15) is 0 Å². The summed E-state index contributed by atoms with van der Waals surface area (Å²) in [5, 5.41) is 2.92. The lowest BCUT2D eigenvalue weighted by Gasteiger charge is -2.34. The van der Waals surface area contributed by atoms with E-state index >= 15 is 0 Å². The smallest absolute Gasteiger partial charge is 0.238 e. The minimum atomic E-state index is 0.0141. The Balaban J connectivity index is 1.47. The Kier molecular flexibility index (Phi) is 5.19. The van der Waals surface area contributed by atoms with Crippen molar-refractivity contribution in [3.05, 3.63) is 47.3 Å². The molecule has 1 saturated heterocycles. The second-order valence-electron chi connectivity index (χ2n) is 5.38. The van der Waals surface area contributed by atoms with E-state index in [2.05, 4.69) is 41.0 Å². The molecule has 1 aliphatic rings. The van der Waals surface area contributed by atoms with Gasteiger partial charge in [0.1, 0.15) is 5.82 Å². The molecule has 1 fully saturated rings. The average Bonchev–Trinajstić information content (AvgIpc) is 2.58. The molecule has 7 heteroatoms. The number of hydrogen-bond acceptors (Lipinski definition) is 5. The van der Waals surface area contributed by atoms with Gasteiger partial charge in [-0.25, -0.2) is 4.98 Å². The fourth-order valence-corrected chi connectivity index (χ4v) is 2.79. The van der Waals surface area contributed by atoms with Gasteiger partial charge in [0.2, 0.25) is 5.91 Å². The van der Waals surface area contributed by atoms with Crippen LogP contribution in [0.5, 0.6) is 0 Å². The van der Waals surface area contributed by atoms with Crippen LogP contribution >= 0.6 is 15.9 Å². The van der Waals surface area contributed by atoms with Gasteiger partial charge in [0.15, 0.2) is 0 Å². The van der Waals surface area contributed by atoms with Gasteiger partial charge in [0, 0.05) is 48.7 Å². The van der Waals surface area contributed by atoms with Crippen molar-refractivity contribution >= 4 is 33.3 Å². The molecule has 0 unspecified atom stereocenters. The standard InChI is InChI=1S/C16H18BrN5O/c17-13-1-3-14(4-2-13)20-16(23)12-21-7-9-22(10-8-21)15-11-18-5-6-19-15/h1-6,11H,7-10,12H2,(H,20,23). The van der Waals surface area contributed by atoms with E-state index in [1.165, 1.54) is 0 Å². The van der Waals surface area contributed by atoms with Crippen LogP contribution < -0.4 is 10.2 Å². The number of nitrogens with zero attached hydrogens (tertiary/aromatic N) is 4. The number of halogens is 1. The van der Waals surface area contributed by atoms with Crippen molar-refractivity contribution in [3.8, 4) is 0 Å². The third-order valence-electron chi connectivity index (χ3n) is 3.74. The zero-order valence-electron chi connectivity index (χ0n) is 12.7. The molecule has 0 bridgehead atoms. The lowest BCUT2D eigenvalue weighted by Crippen LogP contribution is -2.48. The maximum Gasteiger partial charge on any atom is 0.238 e. The van der Waals surface area contributed by atoms with Crippen molar-refractivity contribution in [2.45, 2.75) is 0 Å². The molecule has 1 aromatic heterocycles. The molecule has 0 aliphatic carbocycles. The predicted molar refractivity (Wildman–Crippen MR) is 93.5 cm³/mol. The van der Waals surface area contributed by atoms with Crippen molar-refractivity contribution in [2.75, 3.05) is 42.9 Å². The van der Waals surface area contributed by atoms with Gasteiger partial charge in [0.25, 0.3) is 0 Å². The molecular weight excluding hydrogens is 358 g/mol. The van der Waals surface area contributed by atoms with E-state index in [4.69, 9.17) is 0 Å². The molecule has 2 aromatic rings. The van der Waals surface area contributed by atoms with Crippen LogP contribution in [0, 0.1) is 0 Å². The molecule has 2 heterocycles. The zero-order chi connectivity index (χ0) is 16.1. The van der Waals surface area contributed by atoms with Crippen LogP contribution in [0.2, 0.25) is 0 Å². The quantitative estimate of drug-likeness (QED) is 0.885. The van der Waals surface area contributed by atoms with E-state index in [1.54, 1.807) is 18.6 Å². The number of carbonyl (C=O) groups is 1. The molecule has 0 atom stereocenters. The molecule has 3 rings (SSSR count). The van der Waals surface area contributed by atoms with Crippen LogP contribution in [0.3, 0.4) is 0 Å². The molecule has 0 saturated carbocycles. The summed E-state index contributed by atoms with van der Waals surface area (Å²) in [5.74, 6) is 0.909. The van der Waals surface area contributed by atoms with Crippen LogP contribution in [-0.4, -0.2) is 53.5 Å². The highest BCUT2D eigenvalue weighted by atomic mass is 79.9. The lowest BCUT2D eigenvalue weighted by atomic mass is 10.3. The fourth-order valence-electron chi connectivity index (χ4n) is 2.53. The summed E-state index contributed by atoms with van der Waals surface area (Å²) in [4.78, 5) is 24.9. The third kappa shape index (κ3) is 4.49. The summed E-state index contributed by atoms with van der Waals surface area (Å²) in [7, 11) is 0. The summed E-state index contributed by atoms with van der Waals surface area (Å²) in [6, 6.07) is 7.59. The number of anilines is 2. The summed E-state index contributed by atoms with van der Waals surface area (Å²) < 4.78 is 0.996. The molecule has 120 valence electrons. The van der Waals surface area contributed by atoms with Gasteiger partial charge in [-0.2, -0.15) is 0 Å². The highest BCUT2D eigenvalue weighted by molar-refractivity contribution is 9.10. The van der Waals surface area contributed by atoms with Crippen molar-refractivity contribution in [1.82, 2.24) is 14.9 Å². The van der Waals surface area contributed by atoms with Crippen LogP contribution in [0.4, 0.5) is 11.5 Å². The Morgan fingerprint density at radius 2 is 1.87 bits per heavy atom. The molecule has 0 spiro atoms. The predicted octanol–water partition coefficient (Wildman–Crippen LogP) is 2.00. The Morgan fingerprint density at radius 3 is 2.52 bits per heavy atom. The number of carbonyl (C=O) groups excluding carboxylic acids is 1. The Hall–Kier alpha value is -1.99. The molecule has 0 radical (unpaired) electrons. The highest BCUT2D eigenvalue weighted by Crippen LogP contribution is 2.14. The van der Waals surface area contributed by atoms with Crippen molar-refractivity contribution in [1.29, 1.82) is 0 Å². The fraction of sp³-hybridized carbons (Fsp3) is 0.312. The number of nitrogens with one attached hydrogen (secondary N) is 1. The number of piperazine rings is 1. The number of rotatable bonds is 4. The van der Waals surface area contributed by atoms with E-state index in [0.717, 1.165) is 42.2 Å². The third-order valence-corrected chi connectivity index (χ3v) is 4.27. The van der Waals surface area contributed by atoms with Crippen LogP contribution in [0.15, 0.2) is 47.3 Å². The average molecular weight is 376 g/mol. The second-order valence-corrected chi connectivity index (χ2v) is 6.30. The van der Waals surface area contributed by atoms with Crippen molar-refractivity contribution in [3.63, 3.8) is 0 Å². The highest BCUT2D eigenvalue weighted by Gasteiger charge is 2.19. The first kappa shape index (κ1) is 15.9. The van der Waals surface area contributed by atoms with Crippen molar-refractivity contribution < 1.29 is 4.79 Å². The Labute approximate surface area is 143 Å². The SMILES string of the molecule is O=C(CN1CCN(c2cnccn2)CC1)Nc1ccc(Br)cc1. The number of benzene rings is 1. The minimum absolute atomic E-state index is 0.0141. The molecule has 1 aromatic carbocycles. The van der Waals surface area contributed by atoms with Gasteiger partial charge in [-0.15, -0.1) is 0 Å². The Bertz CT molecular complexity index is 641. The second kappa shape index (κ2) is 7.52. The van der Waals surface area contributed by atoms with Gasteiger partial charge in [-0.3, -0.25) is 14.7 Å². The lowest BCUT2D eigenvalue weighted by molar-refractivity contribution is -0.117. The summed E-state index contributed by atoms with van der Waals surface area (Å²) in [6.07, 6.45) is 5.15. The van der Waals surface area contributed by atoms with E-state index < -0.39 is 0 Å². The van der Waals surface area contributed by atoms with Crippen LogP contribution in [-0.2, 0) is 4.79 Å². The van der Waals surface area contributed by atoms with Crippen LogP contribution in [0.25, 0.3) is 0 Å². The first-order valence-electron chi connectivity index (χ1n) is 7.49. The van der Waals surface area contributed by atoms with Gasteiger partial charge < -0.3 is 10.2 Å². The summed E-state index contributed by atoms with van der Waals surface area (Å²) >= 11 is 3.38. The van der Waals surface area contributed by atoms with Gasteiger partial charge in [-0.05, 0) is 24.3 Å². The summed E-state index contributed by atoms with van der Waals surface area (Å²) in [6.45, 7) is 3.79. The van der Waals surface area contributed by atoms with E-state index in [0.29, 0.717) is 6.54 Å². The normalized spacial score (nSPS) is 15.4. The van der Waals surface area contributed by atoms with Gasteiger partial charge in [0.05, 0.1) is 12.7 Å². The zero-order valence-corrected chi connectivity index (χ0v) is 14.2. The molecule has 6 nitrogen and oxygen atoms in total. The molecular formula is C16H18BrN5O. The maximum absolute atomic E-state index is 12.1. The first-order chi connectivity index (χ1) is 11.2. The number of hydrogen-bond donors (Lipinski definition) is 1. The largest absolute Gasteiger partial charge is 0.353 e. The summed E-state index contributed by atoms with van der Waals surface area (Å²) in [5.41, 5.74) is 0.816. The number of amides is 1. The van der Waals surface area contributed by atoms with E-state index in [-0.39, 0.29) is 5.91 Å². The van der Waals surface area contributed by atoms with E-state index in [1.807, 2.05) is 24.3 Å². The molecule has 1 aliphatic heterocycles. The minimum Gasteiger partial charge on any atom is -0.353 e. The molecule has 1 N–H and O–H groups in total. The van der Waals surface area contributed by atoms with Crippen molar-refractivity contribution in [2.24, 2.45) is 0 Å². The monoisotopic (exact) mass is 375 g/mol. The van der Waals surface area contributed by atoms with E-state index in [9.17, 15) is 4.79 Å². The van der Waals surface area contributed by atoms with Gasteiger partial charge >= 0.3 is 0 Å². The Morgan fingerprint density at radius 1 is 1.13 bits per heavy atom. The first-order valence-corrected chi connectivity index (χ1v) is 8.29. The topological polar surface area (TPSA) is 61.4 Å². The maximum atomic E-state index is 12.1. The molecule has 1 amide bonds. The molecule has 23 heavy (non-hydrogen) atoms. The number of aromatic nitrogens is 2. The van der Waals surface area contributed by atoms with Gasteiger partial charge in [-0.1, -0.05) is 15.9 Å².